The standard InChI is InChI=1S/C9H16O5/c1-2-3-4-6(8(11)12)5-7(10)9(13)14/h6-7,10H,2-5H2,1H3,(H,11,12)(H,13,14). The molecule has 0 fully saturated rings. The van der Waals surface area contributed by atoms with Gasteiger partial charge in [0.2, 0.25) is 0 Å². The Labute approximate surface area is 82.4 Å². The van der Waals surface area contributed by atoms with Gasteiger partial charge in [0, 0.05) is 0 Å². The van der Waals surface area contributed by atoms with E-state index in [9.17, 15) is 9.59 Å². The van der Waals surface area contributed by atoms with Crippen LogP contribution in [0.5, 0.6) is 0 Å². The van der Waals surface area contributed by atoms with Gasteiger partial charge in [-0.1, -0.05) is 19.8 Å². The Balaban J connectivity index is 4.08. The number of hydrogen-bond acceptors (Lipinski definition) is 3. The lowest BCUT2D eigenvalue weighted by atomic mass is 9.96. The highest BCUT2D eigenvalue weighted by atomic mass is 16.4. The second kappa shape index (κ2) is 6.37. The fourth-order valence-electron chi connectivity index (χ4n) is 1.16. The number of carboxylic acids is 2. The van der Waals surface area contributed by atoms with Gasteiger partial charge in [0.25, 0.3) is 0 Å². The average molecular weight is 204 g/mol. The molecule has 5 nitrogen and oxygen atoms in total. The van der Waals surface area contributed by atoms with E-state index in [1.54, 1.807) is 0 Å². The predicted molar refractivity (Wildman–Crippen MR) is 48.9 cm³/mol. The lowest BCUT2D eigenvalue weighted by Crippen LogP contribution is -2.26. The number of rotatable bonds is 7. The third kappa shape index (κ3) is 4.81. The molecule has 3 N–H and O–H groups in total. The summed E-state index contributed by atoms with van der Waals surface area (Å²) in [6.45, 7) is 1.92. The van der Waals surface area contributed by atoms with Crippen LogP contribution >= 0.6 is 0 Å². The third-order valence-electron chi connectivity index (χ3n) is 2.05. The molecule has 0 amide bonds. The first-order valence-corrected chi connectivity index (χ1v) is 4.62. The van der Waals surface area contributed by atoms with Crippen LogP contribution in [-0.2, 0) is 9.59 Å². The fourth-order valence-corrected chi connectivity index (χ4v) is 1.16. The van der Waals surface area contributed by atoms with Gasteiger partial charge in [0.15, 0.2) is 6.10 Å². The first-order chi connectivity index (χ1) is 6.49. The highest BCUT2D eigenvalue weighted by Gasteiger charge is 2.24. The van der Waals surface area contributed by atoms with Crippen LogP contribution in [0.15, 0.2) is 0 Å². The maximum atomic E-state index is 10.7. The summed E-state index contributed by atoms with van der Waals surface area (Å²) < 4.78 is 0. The summed E-state index contributed by atoms with van der Waals surface area (Å²) in [4.78, 5) is 20.9. The van der Waals surface area contributed by atoms with E-state index < -0.39 is 24.0 Å². The van der Waals surface area contributed by atoms with Crippen molar-refractivity contribution in [2.75, 3.05) is 0 Å². The van der Waals surface area contributed by atoms with E-state index in [2.05, 4.69) is 0 Å². The minimum Gasteiger partial charge on any atom is -0.481 e. The van der Waals surface area contributed by atoms with Gasteiger partial charge in [-0.2, -0.15) is 0 Å². The molecular weight excluding hydrogens is 188 g/mol. The minimum absolute atomic E-state index is 0.218. The first-order valence-electron chi connectivity index (χ1n) is 4.62. The van der Waals surface area contributed by atoms with Crippen LogP contribution < -0.4 is 0 Å². The van der Waals surface area contributed by atoms with E-state index in [-0.39, 0.29) is 6.42 Å². The maximum Gasteiger partial charge on any atom is 0.332 e. The van der Waals surface area contributed by atoms with Crippen molar-refractivity contribution in [3.8, 4) is 0 Å². The summed E-state index contributed by atoms with van der Waals surface area (Å²) in [6, 6.07) is 0. The molecule has 0 heterocycles. The molecule has 0 aliphatic carbocycles. The number of carboxylic acid groups (broad SMARTS) is 2. The molecule has 14 heavy (non-hydrogen) atoms. The number of hydrogen-bond donors (Lipinski definition) is 3. The fraction of sp³-hybridized carbons (Fsp3) is 0.778. The first kappa shape index (κ1) is 12.9. The Morgan fingerprint density at radius 3 is 2.14 bits per heavy atom. The molecule has 0 bridgehead atoms. The van der Waals surface area contributed by atoms with E-state index >= 15 is 0 Å². The number of aliphatic hydroxyl groups excluding tert-OH is 1. The molecule has 0 aromatic rings. The van der Waals surface area contributed by atoms with E-state index in [0.717, 1.165) is 12.8 Å². The van der Waals surface area contributed by atoms with Gasteiger partial charge in [-0.15, -0.1) is 0 Å². The Morgan fingerprint density at radius 1 is 1.21 bits per heavy atom. The van der Waals surface area contributed by atoms with E-state index in [4.69, 9.17) is 15.3 Å². The molecule has 0 aromatic carbocycles. The molecule has 0 aliphatic rings. The molecule has 0 radical (unpaired) electrons. The van der Waals surface area contributed by atoms with Crippen LogP contribution in [0.4, 0.5) is 0 Å². The summed E-state index contributed by atoms with van der Waals surface area (Å²) in [5.74, 6) is -3.17. The average Bonchev–Trinajstić information content (AvgIpc) is 2.10. The summed E-state index contributed by atoms with van der Waals surface area (Å²) in [5.41, 5.74) is 0. The highest BCUT2D eigenvalue weighted by Crippen LogP contribution is 2.15. The smallest absolute Gasteiger partial charge is 0.332 e. The van der Waals surface area contributed by atoms with Gasteiger partial charge in [0.05, 0.1) is 5.92 Å². The van der Waals surface area contributed by atoms with Crippen molar-refractivity contribution in [3.63, 3.8) is 0 Å². The molecule has 0 saturated carbocycles. The number of unbranched alkanes of at least 4 members (excludes halogenated alkanes) is 1. The van der Waals surface area contributed by atoms with Crippen molar-refractivity contribution >= 4 is 11.9 Å². The maximum absolute atomic E-state index is 10.7. The summed E-state index contributed by atoms with van der Waals surface area (Å²) >= 11 is 0. The van der Waals surface area contributed by atoms with Gasteiger partial charge < -0.3 is 15.3 Å². The van der Waals surface area contributed by atoms with Crippen LogP contribution in [0.25, 0.3) is 0 Å². The largest absolute Gasteiger partial charge is 0.481 e. The summed E-state index contributed by atoms with van der Waals surface area (Å²) in [7, 11) is 0. The zero-order valence-electron chi connectivity index (χ0n) is 8.14. The molecular formula is C9H16O5. The van der Waals surface area contributed by atoms with Crippen LogP contribution in [0.3, 0.4) is 0 Å². The van der Waals surface area contributed by atoms with Crippen LogP contribution in [0.2, 0.25) is 0 Å². The van der Waals surface area contributed by atoms with Crippen LogP contribution in [0, 0.1) is 5.92 Å². The highest BCUT2D eigenvalue weighted by molar-refractivity contribution is 5.74. The van der Waals surface area contributed by atoms with Gasteiger partial charge >= 0.3 is 11.9 Å². The predicted octanol–water partition coefficient (Wildman–Crippen LogP) is 0.713. The minimum atomic E-state index is -1.58. The molecule has 82 valence electrons. The SMILES string of the molecule is CCCCC(CC(O)C(=O)O)C(=O)O. The van der Waals surface area contributed by atoms with Crippen molar-refractivity contribution in [1.82, 2.24) is 0 Å². The molecule has 0 rings (SSSR count). The van der Waals surface area contributed by atoms with Gasteiger partial charge in [0.1, 0.15) is 0 Å². The van der Waals surface area contributed by atoms with Crippen LogP contribution in [0.1, 0.15) is 32.6 Å². The monoisotopic (exact) mass is 204 g/mol. The molecule has 0 aliphatic heterocycles. The number of aliphatic hydroxyl groups is 1. The second-order valence-corrected chi connectivity index (χ2v) is 3.27. The third-order valence-corrected chi connectivity index (χ3v) is 2.05. The van der Waals surface area contributed by atoms with E-state index in [1.165, 1.54) is 0 Å². The lowest BCUT2D eigenvalue weighted by molar-refractivity contribution is -0.150. The molecule has 0 aromatic heterocycles. The molecule has 0 saturated heterocycles. The normalized spacial score (nSPS) is 14.7. The molecule has 5 heteroatoms. The number of aliphatic carboxylic acids is 2. The molecule has 0 spiro atoms. The summed E-state index contributed by atoms with van der Waals surface area (Å²) in [6.07, 6.45) is 0.199. The van der Waals surface area contributed by atoms with Crippen molar-refractivity contribution in [3.05, 3.63) is 0 Å². The van der Waals surface area contributed by atoms with E-state index in [1.807, 2.05) is 6.92 Å². The topological polar surface area (TPSA) is 94.8 Å². The number of carbonyl (C=O) groups is 2. The van der Waals surface area contributed by atoms with Crippen molar-refractivity contribution in [2.24, 2.45) is 5.92 Å². The molecule has 2 unspecified atom stereocenters. The Morgan fingerprint density at radius 2 is 1.79 bits per heavy atom. The summed E-state index contributed by atoms with van der Waals surface area (Å²) in [5, 5.41) is 26.1. The Hall–Kier alpha value is -1.10. The van der Waals surface area contributed by atoms with Crippen molar-refractivity contribution in [1.29, 1.82) is 0 Å². The van der Waals surface area contributed by atoms with Gasteiger partial charge in [-0.25, -0.2) is 4.79 Å². The van der Waals surface area contributed by atoms with E-state index in [0.29, 0.717) is 6.42 Å². The second-order valence-electron chi connectivity index (χ2n) is 3.27. The van der Waals surface area contributed by atoms with Crippen molar-refractivity contribution in [2.45, 2.75) is 38.7 Å². The van der Waals surface area contributed by atoms with Crippen LogP contribution in [-0.4, -0.2) is 33.4 Å². The van der Waals surface area contributed by atoms with Gasteiger partial charge in [-0.05, 0) is 12.8 Å². The molecule has 2 atom stereocenters. The van der Waals surface area contributed by atoms with Crippen molar-refractivity contribution < 1.29 is 24.9 Å². The van der Waals surface area contributed by atoms with Gasteiger partial charge in [-0.3, -0.25) is 4.79 Å². The Kier molecular flexibility index (Phi) is 5.87. The lowest BCUT2D eigenvalue weighted by Gasteiger charge is -2.13. The quantitative estimate of drug-likeness (QED) is 0.567. The Bertz CT molecular complexity index is 201. The zero-order chi connectivity index (χ0) is 11.1. The zero-order valence-corrected chi connectivity index (χ0v) is 8.14.